The highest BCUT2D eigenvalue weighted by Gasteiger charge is 2.60. The number of hydrogen-bond donors (Lipinski definition) is 30. The molecule has 656 valence electrons. The number of phenols is 30. The zero-order valence-corrected chi connectivity index (χ0v) is 65.0. The van der Waals surface area contributed by atoms with Crippen molar-refractivity contribution in [1.82, 2.24) is 0 Å². The minimum absolute atomic E-state index is 0.168. The zero-order valence-electron chi connectivity index (χ0n) is 65.0. The van der Waals surface area contributed by atoms with Crippen molar-refractivity contribution in [1.29, 1.82) is 0 Å². The van der Waals surface area contributed by atoms with Crippen LogP contribution in [-0.4, -0.2) is 215 Å². The van der Waals surface area contributed by atoms with E-state index in [1.54, 1.807) is 0 Å². The van der Waals surface area contributed by atoms with E-state index in [1.807, 2.05) is 0 Å². The first kappa shape index (κ1) is 81.8. The number of hydrogen-bond acceptors (Lipinski definition) is 40. The third kappa shape index (κ3) is 11.3. The SMILES string of the molecule is CC1(C)c2c(O)c(O)c(O)c3c2COC1C1OCc2c(c(O)c(O)c(O)c2-3)-c2c(cc(O)c(O)c2O)COC2COCc3c(c(O)c(O)c(O)c3[C@@]3(C)c4c(O)c(O)c(O)c5c4COC3C3OCc4c(c(O)c(O)c(O)c4-5)-c4c(cc(O)c(O)c4O)COC4COCc5cc(O)c(O)c(O)c5-c5c(cc(O)c(O)c5O)COC43)-c3c(cc(O)c(O)c3O)COC21. The molecule has 9 heterocycles. The van der Waals surface area contributed by atoms with E-state index in [0.717, 1.165) is 37.3 Å². The Balaban J connectivity index is 0.910. The molecule has 9 aliphatic heterocycles. The predicted molar refractivity (Wildman–Crippen MR) is 416 cm³/mol. The number of aromatic hydroxyl groups is 30. The number of benzene rings is 10. The van der Waals surface area contributed by atoms with Crippen LogP contribution in [0.4, 0.5) is 0 Å². The molecule has 0 saturated heterocycles. The van der Waals surface area contributed by atoms with E-state index in [-0.39, 0.29) is 16.7 Å². The molecule has 0 aliphatic carbocycles. The average Bonchev–Trinajstić information content (AvgIpc) is 1.29. The predicted octanol–water partition coefficient (Wildman–Crippen LogP) is 8.06. The molecule has 10 bridgehead atoms. The number of rotatable bonds is 1. The Morgan fingerprint density at radius 1 is 0.208 bits per heavy atom. The van der Waals surface area contributed by atoms with Gasteiger partial charge in [-0.05, 0) is 81.8 Å². The normalized spacial score (nSPS) is 22.2. The second-order valence-electron chi connectivity index (χ2n) is 32.2. The van der Waals surface area contributed by atoms with Gasteiger partial charge in [0.1, 0.15) is 42.7 Å². The zero-order chi connectivity index (χ0) is 89.5. The fourth-order valence-corrected chi connectivity index (χ4v) is 19.6. The van der Waals surface area contributed by atoms with Gasteiger partial charge in [0.05, 0.1) is 90.8 Å². The molecule has 19 rings (SSSR count). The van der Waals surface area contributed by atoms with E-state index >= 15 is 0 Å². The first-order chi connectivity index (χ1) is 59.2. The van der Waals surface area contributed by atoms with Gasteiger partial charge in [0.2, 0.25) is 57.5 Å². The maximum atomic E-state index is 13.6. The van der Waals surface area contributed by atoms with Crippen LogP contribution < -0.4 is 0 Å². The molecule has 0 fully saturated rings. The molecule has 9 atom stereocenters. The van der Waals surface area contributed by atoms with Gasteiger partial charge < -0.3 is 201 Å². The number of ether oxygens (including phenoxy) is 10. The van der Waals surface area contributed by atoms with E-state index in [0.29, 0.717) is 0 Å². The van der Waals surface area contributed by atoms with Gasteiger partial charge in [0, 0.05) is 100.0 Å². The minimum atomic E-state index is -2.96. The molecule has 0 aromatic heterocycles. The van der Waals surface area contributed by atoms with Crippen LogP contribution >= 0.6 is 0 Å². The molecule has 0 amide bonds. The van der Waals surface area contributed by atoms with Crippen LogP contribution in [0.1, 0.15) is 93.1 Å². The second-order valence-corrected chi connectivity index (χ2v) is 32.2. The molecule has 10 aromatic carbocycles. The maximum Gasteiger partial charge on any atom is 0.201 e. The molecule has 10 aromatic rings. The lowest BCUT2D eigenvalue weighted by Crippen LogP contribution is -2.59. The van der Waals surface area contributed by atoms with Gasteiger partial charge in [-0.15, -0.1) is 0 Å². The van der Waals surface area contributed by atoms with Crippen LogP contribution in [0, 0.1) is 0 Å². The third-order valence-electron chi connectivity index (χ3n) is 25.2. The summed E-state index contributed by atoms with van der Waals surface area (Å²) in [4.78, 5) is 0. The lowest BCUT2D eigenvalue weighted by Gasteiger charge is -2.50. The molecule has 8 unspecified atom stereocenters. The summed E-state index contributed by atoms with van der Waals surface area (Å²) in [5.41, 5.74) is -20.2. The van der Waals surface area contributed by atoms with Crippen LogP contribution in [0.15, 0.2) is 30.3 Å². The molecule has 40 heteroatoms. The van der Waals surface area contributed by atoms with Crippen molar-refractivity contribution in [2.45, 2.75) is 147 Å². The van der Waals surface area contributed by atoms with E-state index in [1.165, 1.54) is 13.8 Å². The van der Waals surface area contributed by atoms with Crippen LogP contribution in [-0.2, 0) is 124 Å². The topological polar surface area (TPSA) is 699 Å². The van der Waals surface area contributed by atoms with E-state index in [9.17, 15) is 153 Å². The Morgan fingerprint density at radius 2 is 0.440 bits per heavy atom. The quantitative estimate of drug-likeness (QED) is 0.0690. The van der Waals surface area contributed by atoms with Gasteiger partial charge in [-0.2, -0.15) is 0 Å². The van der Waals surface area contributed by atoms with Gasteiger partial charge in [-0.1, -0.05) is 13.8 Å². The molecular formula is C85H76O40. The van der Waals surface area contributed by atoms with Gasteiger partial charge in [0.25, 0.3) is 0 Å². The van der Waals surface area contributed by atoms with E-state index in [4.69, 9.17) is 47.4 Å². The van der Waals surface area contributed by atoms with Crippen LogP contribution in [0.25, 0.3) is 66.8 Å². The summed E-state index contributed by atoms with van der Waals surface area (Å²) >= 11 is 0. The summed E-state index contributed by atoms with van der Waals surface area (Å²) in [7, 11) is 0. The Morgan fingerprint density at radius 3 is 0.800 bits per heavy atom. The standard InChI is InChI=1S/C85H76O40/c1-84(2)50-29-17-124-82(84)80-78-37(119-11-23-6-33(88)55(93)60(98)40(23)43-26(15-122-80)45(65(103)73(111)63(43)101)48(29)68(106)75(113)70(50)108)20-117-14-28-47(42-25(13-120-78)8-35(90)57(95)62(42)100)67(105)76(114)71(109)51(28)85(3)52-30-18-125-83(85)81-79-36(19-116-9-21-4-31(86)53(91)58(96)38(21)39-24(12-121-79)7-34(89)54(92)59(39)97)118-10-22-5-32(87)56(94)61(99)41(22)44-27(16-123-81)46(66(104)74(112)64(44)102)49(30)69(107)77(115)72(52)110/h4-8,36-37,78-83,86-115H,9-20H2,1-3H3/t36?,37?,78?,79?,80?,81?,82?,83?,85-/m0/s1. The first-order valence-electron chi connectivity index (χ1n) is 38.1. The summed E-state index contributed by atoms with van der Waals surface area (Å²) in [6.07, 6.45) is -15.8. The third-order valence-corrected chi connectivity index (χ3v) is 25.2. The monoisotopic (exact) mass is 1740 g/mol. The highest BCUT2D eigenvalue weighted by Crippen LogP contribution is 2.69. The highest BCUT2D eigenvalue weighted by atomic mass is 16.6. The van der Waals surface area contributed by atoms with E-state index in [2.05, 4.69) is 0 Å². The second kappa shape index (κ2) is 28.4. The Kier molecular flexibility index (Phi) is 18.6. The fraction of sp³-hybridized carbons (Fsp3) is 0.294. The lowest BCUT2D eigenvalue weighted by molar-refractivity contribution is -0.213. The smallest absolute Gasteiger partial charge is 0.201 e. The van der Waals surface area contributed by atoms with Gasteiger partial charge >= 0.3 is 0 Å². The lowest BCUT2D eigenvalue weighted by atomic mass is 9.63. The Bertz CT molecular complexity index is 6410. The molecule has 9 aliphatic rings. The van der Waals surface area contributed by atoms with Gasteiger partial charge in [-0.3, -0.25) is 0 Å². The van der Waals surface area contributed by atoms with E-state index < -0.39 is 434 Å². The largest absolute Gasteiger partial charge is 0.504 e. The Hall–Kier alpha value is -14.2. The van der Waals surface area contributed by atoms with Crippen molar-refractivity contribution in [3.05, 3.63) is 103 Å². The minimum Gasteiger partial charge on any atom is -0.504 e. The molecule has 30 N–H and O–H groups in total. The molecule has 0 spiro atoms. The van der Waals surface area contributed by atoms with Crippen molar-refractivity contribution in [3.8, 4) is 239 Å². The summed E-state index contributed by atoms with van der Waals surface area (Å²) in [5, 5.41) is 363. The number of fused-ring (bicyclic) bond motifs is 20. The van der Waals surface area contributed by atoms with Crippen LogP contribution in [0.5, 0.6) is 172 Å². The van der Waals surface area contributed by atoms with Crippen molar-refractivity contribution in [2.75, 3.05) is 13.2 Å². The molecule has 40 nitrogen and oxygen atoms in total. The summed E-state index contributed by atoms with van der Waals surface area (Å²) in [5.74, 6) is -38.0. The van der Waals surface area contributed by atoms with Crippen LogP contribution in [0.2, 0.25) is 0 Å². The summed E-state index contributed by atoms with van der Waals surface area (Å²) < 4.78 is 68.7. The molecule has 125 heavy (non-hydrogen) atoms. The first-order valence-corrected chi connectivity index (χ1v) is 38.1. The Labute approximate surface area is 699 Å². The molecular weight excluding hydrogens is 1660 g/mol. The number of phenolic OH excluding ortho intramolecular Hbond substituents is 30. The highest BCUT2D eigenvalue weighted by molar-refractivity contribution is 6.00. The van der Waals surface area contributed by atoms with Crippen molar-refractivity contribution in [2.24, 2.45) is 0 Å². The van der Waals surface area contributed by atoms with Crippen molar-refractivity contribution < 1.29 is 201 Å². The molecule has 0 saturated carbocycles. The van der Waals surface area contributed by atoms with Crippen LogP contribution in [0.3, 0.4) is 0 Å². The van der Waals surface area contributed by atoms with Gasteiger partial charge in [-0.25, -0.2) is 0 Å². The van der Waals surface area contributed by atoms with Crippen molar-refractivity contribution in [3.63, 3.8) is 0 Å². The fourth-order valence-electron chi connectivity index (χ4n) is 19.6. The molecule has 0 radical (unpaired) electrons. The maximum absolute atomic E-state index is 13.6. The average molecular weight is 1740 g/mol. The summed E-state index contributed by atoms with van der Waals surface area (Å²) in [6.45, 7) is -7.93. The van der Waals surface area contributed by atoms with Crippen molar-refractivity contribution >= 4 is 0 Å². The summed E-state index contributed by atoms with van der Waals surface area (Å²) in [6, 6.07) is 4.16. The van der Waals surface area contributed by atoms with Gasteiger partial charge in [0.15, 0.2) is 115 Å².